The predicted octanol–water partition coefficient (Wildman–Crippen LogP) is 2.47. The second-order valence-corrected chi connectivity index (χ2v) is 8.15. The first-order chi connectivity index (χ1) is 4.43. The van der Waals surface area contributed by atoms with Gasteiger partial charge in [-0.25, -0.2) is 0 Å². The summed E-state index contributed by atoms with van der Waals surface area (Å²) in [4.78, 5) is 5.45. The predicted molar refractivity (Wildman–Crippen MR) is 38.4 cm³/mol. The van der Waals surface area contributed by atoms with E-state index in [0.717, 1.165) is 0 Å². The van der Waals surface area contributed by atoms with E-state index < -0.39 is 16.5 Å². The molecule has 1 aliphatic heterocycles. The molecule has 1 aliphatic rings. The van der Waals surface area contributed by atoms with Gasteiger partial charge in [-0.2, -0.15) is 0 Å². The zero-order valence-electron chi connectivity index (χ0n) is 5.45. The molecule has 0 aliphatic carbocycles. The van der Waals surface area contributed by atoms with Gasteiger partial charge < -0.3 is 0 Å². The Kier molecular flexibility index (Phi) is 3.04. The summed E-state index contributed by atoms with van der Waals surface area (Å²) in [5.41, 5.74) is 8.12. The van der Waals surface area contributed by atoms with Crippen LogP contribution in [0.1, 0.15) is 19.3 Å². The van der Waals surface area contributed by atoms with E-state index in [9.17, 15) is 0 Å². The van der Waals surface area contributed by atoms with Crippen LogP contribution in [0.3, 0.4) is 0 Å². The maximum absolute atomic E-state index is 8.12. The summed E-state index contributed by atoms with van der Waals surface area (Å²) < 4.78 is 3.85. The van der Waals surface area contributed by atoms with Crippen LogP contribution in [0.5, 0.6) is 0 Å². The number of rotatable bonds is 1. The Bertz CT molecular complexity index is 124. The molecule has 0 aromatic rings. The van der Waals surface area contributed by atoms with Crippen molar-refractivity contribution in [1.29, 1.82) is 0 Å². The summed E-state index contributed by atoms with van der Waals surface area (Å²) >= 11 is -1.35. The van der Waals surface area contributed by atoms with Gasteiger partial charge in [0.25, 0.3) is 0 Å². The van der Waals surface area contributed by atoms with Crippen molar-refractivity contribution in [3.63, 3.8) is 0 Å². The van der Waals surface area contributed by atoms with E-state index in [1.807, 2.05) is 0 Å². The standard InChI is InChI=1S/C5H10.Ga.N3/c1-3-5-4-2;;1-3-2/h1-5H2;;/q;+1;-1. The Morgan fingerprint density at radius 2 is 1.89 bits per heavy atom. The van der Waals surface area contributed by atoms with Gasteiger partial charge in [0.2, 0.25) is 0 Å². The van der Waals surface area contributed by atoms with Gasteiger partial charge in [-0.15, -0.1) is 0 Å². The third-order valence-corrected chi connectivity index (χ3v) is 7.20. The van der Waals surface area contributed by atoms with Gasteiger partial charge in [0.15, 0.2) is 0 Å². The van der Waals surface area contributed by atoms with Gasteiger partial charge >= 0.3 is 59.9 Å². The fraction of sp³-hybridized carbons (Fsp3) is 1.00. The molecule has 0 saturated carbocycles. The third-order valence-electron chi connectivity index (χ3n) is 1.79. The molecule has 48 valence electrons. The molecule has 0 atom stereocenters. The fourth-order valence-electron chi connectivity index (χ4n) is 1.27. The molecule has 1 rings (SSSR count). The molecule has 0 aromatic carbocycles. The first kappa shape index (κ1) is 7.06. The van der Waals surface area contributed by atoms with Crippen molar-refractivity contribution in [2.24, 2.45) is 3.82 Å². The average Bonchev–Trinajstić information content (AvgIpc) is 1.91. The van der Waals surface area contributed by atoms with Gasteiger partial charge in [-0.3, -0.25) is 0 Å². The molecule has 0 unspecified atom stereocenters. The molecule has 9 heavy (non-hydrogen) atoms. The molecule has 0 aromatic heterocycles. The topological polar surface area (TPSA) is 48.8 Å². The van der Waals surface area contributed by atoms with Crippen LogP contribution < -0.4 is 0 Å². The quantitative estimate of drug-likeness (QED) is 0.259. The molecule has 0 radical (unpaired) electrons. The van der Waals surface area contributed by atoms with Crippen LogP contribution in [-0.2, 0) is 0 Å². The monoisotopic (exact) mass is 181 g/mol. The van der Waals surface area contributed by atoms with Crippen molar-refractivity contribution < 1.29 is 0 Å². The summed E-state index contributed by atoms with van der Waals surface area (Å²) in [7, 11) is 0. The first-order valence-electron chi connectivity index (χ1n) is 3.47. The summed E-state index contributed by atoms with van der Waals surface area (Å²) in [6.07, 6.45) is 4.01. The third kappa shape index (κ3) is 2.34. The first-order valence-corrected chi connectivity index (χ1v) is 7.98. The Balaban J connectivity index is 2.31. The van der Waals surface area contributed by atoms with E-state index in [-0.39, 0.29) is 0 Å². The Labute approximate surface area is 60.4 Å². The van der Waals surface area contributed by atoms with Crippen molar-refractivity contribution in [1.82, 2.24) is 0 Å². The Hall–Kier alpha value is -0.0536. The van der Waals surface area contributed by atoms with E-state index >= 15 is 0 Å². The van der Waals surface area contributed by atoms with Gasteiger partial charge in [-0.1, -0.05) is 0 Å². The van der Waals surface area contributed by atoms with Crippen molar-refractivity contribution in [2.75, 3.05) is 0 Å². The molecule has 1 saturated heterocycles. The van der Waals surface area contributed by atoms with Gasteiger partial charge in [0.1, 0.15) is 0 Å². The molecule has 1 heterocycles. The van der Waals surface area contributed by atoms with Gasteiger partial charge in [-0.05, 0) is 0 Å². The molecular formula is C5H10GaN3. The number of hydrogen-bond donors (Lipinski definition) is 0. The zero-order chi connectivity index (χ0) is 6.53. The van der Waals surface area contributed by atoms with Crippen LogP contribution in [0.4, 0.5) is 0 Å². The summed E-state index contributed by atoms with van der Waals surface area (Å²) in [5.74, 6) is 0. The van der Waals surface area contributed by atoms with Crippen LogP contribution in [0.25, 0.3) is 10.4 Å². The maximum atomic E-state index is 8.12. The second-order valence-electron chi connectivity index (χ2n) is 2.50. The van der Waals surface area contributed by atoms with E-state index in [0.29, 0.717) is 0 Å². The van der Waals surface area contributed by atoms with E-state index in [2.05, 4.69) is 8.73 Å². The normalized spacial score (nSPS) is 18.9. The van der Waals surface area contributed by atoms with Crippen LogP contribution in [-0.4, -0.2) is 16.5 Å². The second kappa shape index (κ2) is 3.88. The number of azide groups is 1. The van der Waals surface area contributed by atoms with Crippen molar-refractivity contribution in [2.45, 2.75) is 29.2 Å². The molecule has 0 amide bonds. The Morgan fingerprint density at radius 3 is 2.44 bits per heavy atom. The summed E-state index contributed by atoms with van der Waals surface area (Å²) in [6.45, 7) is 0. The molecular weight excluding hydrogens is 172 g/mol. The summed E-state index contributed by atoms with van der Waals surface area (Å²) in [6, 6.07) is 0. The van der Waals surface area contributed by atoms with Crippen LogP contribution in [0.2, 0.25) is 9.95 Å². The minimum atomic E-state index is -1.35. The molecule has 0 bridgehead atoms. The van der Waals surface area contributed by atoms with Crippen LogP contribution in [0.15, 0.2) is 3.82 Å². The Morgan fingerprint density at radius 1 is 1.22 bits per heavy atom. The van der Waals surface area contributed by atoms with Crippen molar-refractivity contribution >= 4 is 16.5 Å². The molecule has 4 heteroatoms. The minimum absolute atomic E-state index is 1.29. The summed E-state index contributed by atoms with van der Waals surface area (Å²) in [5, 5.41) is 0. The van der Waals surface area contributed by atoms with E-state index in [4.69, 9.17) is 5.53 Å². The van der Waals surface area contributed by atoms with Crippen LogP contribution in [0, 0.1) is 0 Å². The SMILES string of the molecule is [N-]=[N+]=[N][Ga]1[CH2]CCC[CH2]1. The average molecular weight is 182 g/mol. The molecule has 0 N–H and O–H groups in total. The zero-order valence-corrected chi connectivity index (χ0v) is 7.88. The molecule has 1 fully saturated rings. The molecule has 0 spiro atoms. The van der Waals surface area contributed by atoms with Crippen LogP contribution >= 0.6 is 0 Å². The van der Waals surface area contributed by atoms with Crippen molar-refractivity contribution in [3.05, 3.63) is 10.4 Å². The number of nitrogens with zero attached hydrogens (tertiary/aromatic N) is 3. The van der Waals surface area contributed by atoms with Crippen molar-refractivity contribution in [3.8, 4) is 0 Å². The van der Waals surface area contributed by atoms with E-state index in [1.165, 1.54) is 29.2 Å². The fourth-order valence-corrected chi connectivity index (χ4v) is 5.85. The van der Waals surface area contributed by atoms with E-state index in [1.54, 1.807) is 0 Å². The number of hydrogen-bond acceptors (Lipinski definition) is 1. The van der Waals surface area contributed by atoms with Gasteiger partial charge in [0.05, 0.1) is 0 Å². The van der Waals surface area contributed by atoms with Gasteiger partial charge in [0, 0.05) is 0 Å². The molecule has 3 nitrogen and oxygen atoms in total.